The second-order valence-electron chi connectivity index (χ2n) is 5.90. The molecule has 2 N–H and O–H groups in total. The summed E-state index contributed by atoms with van der Waals surface area (Å²) >= 11 is 0. The molecule has 1 aliphatic carbocycles. The van der Waals surface area contributed by atoms with E-state index in [9.17, 15) is 4.79 Å². The summed E-state index contributed by atoms with van der Waals surface area (Å²) in [5.74, 6) is 0.263. The summed E-state index contributed by atoms with van der Waals surface area (Å²) in [6, 6.07) is 7.66. The fourth-order valence-corrected chi connectivity index (χ4v) is 2.65. The molecule has 0 amide bonds. The van der Waals surface area contributed by atoms with Crippen molar-refractivity contribution in [2.75, 3.05) is 5.73 Å². The van der Waals surface area contributed by atoms with Gasteiger partial charge in [0.05, 0.1) is 5.41 Å². The second-order valence-corrected chi connectivity index (χ2v) is 5.90. The van der Waals surface area contributed by atoms with E-state index in [4.69, 9.17) is 5.73 Å². The van der Waals surface area contributed by atoms with Crippen LogP contribution in [0.15, 0.2) is 35.9 Å². The minimum atomic E-state index is -0.468. The summed E-state index contributed by atoms with van der Waals surface area (Å²) < 4.78 is 0. The number of hydrogen-bond acceptors (Lipinski definition) is 2. The molecule has 0 heterocycles. The Morgan fingerprint density at radius 3 is 2.47 bits per heavy atom. The van der Waals surface area contributed by atoms with Gasteiger partial charge in [0.1, 0.15) is 0 Å². The molecule has 0 spiro atoms. The van der Waals surface area contributed by atoms with Crippen LogP contribution in [0.5, 0.6) is 0 Å². The predicted octanol–water partition coefficient (Wildman–Crippen LogP) is 4.01. The lowest BCUT2D eigenvalue weighted by Crippen LogP contribution is -2.30. The van der Waals surface area contributed by atoms with Gasteiger partial charge >= 0.3 is 0 Å². The van der Waals surface area contributed by atoms with Gasteiger partial charge in [-0.15, -0.1) is 0 Å². The number of anilines is 1. The molecule has 2 heteroatoms. The lowest BCUT2D eigenvalue weighted by Gasteiger charge is -2.25. The first-order valence-corrected chi connectivity index (χ1v) is 7.11. The van der Waals surface area contributed by atoms with E-state index in [1.165, 1.54) is 12.8 Å². The van der Waals surface area contributed by atoms with Crippen LogP contribution in [-0.4, -0.2) is 5.78 Å². The van der Waals surface area contributed by atoms with Crippen molar-refractivity contribution in [2.24, 2.45) is 0 Å². The van der Waals surface area contributed by atoms with Crippen LogP contribution in [0.2, 0.25) is 0 Å². The van der Waals surface area contributed by atoms with Crippen molar-refractivity contribution in [3.8, 4) is 0 Å². The van der Waals surface area contributed by atoms with Crippen molar-refractivity contribution in [1.82, 2.24) is 0 Å². The predicted molar refractivity (Wildman–Crippen MR) is 80.1 cm³/mol. The van der Waals surface area contributed by atoms with Crippen molar-refractivity contribution < 1.29 is 4.79 Å². The lowest BCUT2D eigenvalue weighted by atomic mass is 9.77. The number of carbonyl (C=O) groups is 1. The van der Waals surface area contributed by atoms with E-state index in [1.807, 2.05) is 38.1 Å². The minimum absolute atomic E-state index is 0.263. The highest BCUT2D eigenvalue weighted by Crippen LogP contribution is 2.31. The van der Waals surface area contributed by atoms with E-state index in [2.05, 4.69) is 6.08 Å². The zero-order valence-electron chi connectivity index (χ0n) is 11.9. The van der Waals surface area contributed by atoms with Gasteiger partial charge in [-0.2, -0.15) is 0 Å². The first-order chi connectivity index (χ1) is 9.01. The van der Waals surface area contributed by atoms with Crippen molar-refractivity contribution >= 4 is 11.5 Å². The van der Waals surface area contributed by atoms with E-state index in [1.54, 1.807) is 0 Å². The monoisotopic (exact) mass is 257 g/mol. The van der Waals surface area contributed by atoms with Gasteiger partial charge in [0.2, 0.25) is 0 Å². The van der Waals surface area contributed by atoms with Crippen molar-refractivity contribution in [3.63, 3.8) is 0 Å². The van der Waals surface area contributed by atoms with Gasteiger partial charge in [-0.05, 0) is 62.8 Å². The number of ketones is 1. The van der Waals surface area contributed by atoms with Crippen LogP contribution < -0.4 is 5.73 Å². The molecule has 19 heavy (non-hydrogen) atoms. The molecule has 0 aromatic heterocycles. The number of allylic oxidation sites excluding steroid dienone is 2. The molecule has 0 bridgehead atoms. The first-order valence-electron chi connectivity index (χ1n) is 7.11. The van der Waals surface area contributed by atoms with Crippen LogP contribution in [0.25, 0.3) is 0 Å². The number of nitrogen functional groups attached to an aromatic ring is 1. The summed E-state index contributed by atoms with van der Waals surface area (Å²) in [4.78, 5) is 12.8. The maximum Gasteiger partial charge on any atom is 0.168 e. The molecule has 0 saturated heterocycles. The highest BCUT2D eigenvalue weighted by molar-refractivity contribution is 6.03. The molecule has 0 atom stereocenters. The standard InChI is InChI=1S/C17H23NO/c1-17(2,14-9-11-15(18)12-10-14)16(19)13-7-5-3-4-6-8-13/h7,9-12H,3-6,8,18H2,1-2H3. The fraction of sp³-hybridized carbons (Fsp3) is 0.471. The number of rotatable bonds is 3. The number of Topliss-reactive ketones (excluding diaryl/α,β-unsaturated/α-hetero) is 1. The summed E-state index contributed by atoms with van der Waals surface area (Å²) in [5.41, 5.74) is 8.03. The molecule has 0 saturated carbocycles. The third-order valence-corrected chi connectivity index (χ3v) is 4.03. The third-order valence-electron chi connectivity index (χ3n) is 4.03. The Morgan fingerprint density at radius 2 is 1.79 bits per heavy atom. The smallest absolute Gasteiger partial charge is 0.168 e. The highest BCUT2D eigenvalue weighted by atomic mass is 16.1. The number of carbonyl (C=O) groups excluding carboxylic acids is 1. The van der Waals surface area contributed by atoms with Gasteiger partial charge in [-0.25, -0.2) is 0 Å². The van der Waals surface area contributed by atoms with Crippen LogP contribution in [0.1, 0.15) is 51.5 Å². The molecule has 0 fully saturated rings. The summed E-state index contributed by atoms with van der Waals surface area (Å²) in [6.07, 6.45) is 7.69. The zero-order valence-corrected chi connectivity index (χ0v) is 11.9. The van der Waals surface area contributed by atoms with E-state index >= 15 is 0 Å². The average Bonchev–Trinajstić information content (AvgIpc) is 2.67. The maximum absolute atomic E-state index is 12.8. The zero-order chi connectivity index (χ0) is 13.9. The van der Waals surface area contributed by atoms with Crippen LogP contribution in [-0.2, 0) is 10.2 Å². The molecule has 2 nitrogen and oxygen atoms in total. The van der Waals surface area contributed by atoms with Gasteiger partial charge in [0, 0.05) is 5.69 Å². The molecular weight excluding hydrogens is 234 g/mol. The first kappa shape index (κ1) is 13.9. The van der Waals surface area contributed by atoms with Gasteiger partial charge in [-0.1, -0.05) is 24.6 Å². The Morgan fingerprint density at radius 1 is 1.11 bits per heavy atom. The Hall–Kier alpha value is -1.57. The summed E-state index contributed by atoms with van der Waals surface area (Å²) in [6.45, 7) is 4.01. The minimum Gasteiger partial charge on any atom is -0.399 e. The highest BCUT2D eigenvalue weighted by Gasteiger charge is 2.31. The Bertz CT molecular complexity index is 482. The molecule has 0 radical (unpaired) electrons. The van der Waals surface area contributed by atoms with E-state index in [0.717, 1.165) is 36.1 Å². The van der Waals surface area contributed by atoms with E-state index < -0.39 is 5.41 Å². The summed E-state index contributed by atoms with van der Waals surface area (Å²) in [7, 11) is 0. The Balaban J connectivity index is 2.25. The van der Waals surface area contributed by atoms with Crippen molar-refractivity contribution in [2.45, 2.75) is 51.4 Å². The van der Waals surface area contributed by atoms with Crippen molar-refractivity contribution in [3.05, 3.63) is 41.5 Å². The SMILES string of the molecule is CC(C)(C(=O)C1=CCCCCC1)c1ccc(N)cc1. The normalized spacial score (nSPS) is 16.6. The van der Waals surface area contributed by atoms with Gasteiger partial charge < -0.3 is 5.73 Å². The Kier molecular flexibility index (Phi) is 4.08. The molecule has 102 valence electrons. The number of hydrogen-bond donors (Lipinski definition) is 1. The molecule has 1 aliphatic rings. The third kappa shape index (κ3) is 3.06. The van der Waals surface area contributed by atoms with Gasteiger partial charge in [-0.3, -0.25) is 4.79 Å². The molecule has 2 rings (SSSR count). The number of nitrogens with two attached hydrogens (primary N) is 1. The van der Waals surface area contributed by atoms with Crippen LogP contribution in [0, 0.1) is 0 Å². The van der Waals surface area contributed by atoms with Crippen LogP contribution >= 0.6 is 0 Å². The largest absolute Gasteiger partial charge is 0.399 e. The summed E-state index contributed by atoms with van der Waals surface area (Å²) in [5, 5.41) is 0. The fourth-order valence-electron chi connectivity index (χ4n) is 2.65. The Labute approximate surface area is 115 Å². The molecular formula is C17H23NO. The topological polar surface area (TPSA) is 43.1 Å². The molecule has 1 aromatic rings. The van der Waals surface area contributed by atoms with E-state index in [-0.39, 0.29) is 5.78 Å². The van der Waals surface area contributed by atoms with E-state index in [0.29, 0.717) is 0 Å². The van der Waals surface area contributed by atoms with Crippen LogP contribution in [0.3, 0.4) is 0 Å². The second kappa shape index (κ2) is 5.60. The maximum atomic E-state index is 12.8. The molecule has 0 aliphatic heterocycles. The molecule has 0 unspecified atom stereocenters. The lowest BCUT2D eigenvalue weighted by molar-refractivity contribution is -0.120. The quantitative estimate of drug-likeness (QED) is 0.831. The number of benzene rings is 1. The average molecular weight is 257 g/mol. The van der Waals surface area contributed by atoms with Gasteiger partial charge in [0.25, 0.3) is 0 Å². The van der Waals surface area contributed by atoms with Crippen LogP contribution in [0.4, 0.5) is 5.69 Å². The van der Waals surface area contributed by atoms with Crippen molar-refractivity contribution in [1.29, 1.82) is 0 Å². The molecule has 1 aromatic carbocycles. The van der Waals surface area contributed by atoms with Gasteiger partial charge in [0.15, 0.2) is 5.78 Å².